The maximum Gasteiger partial charge on any atom is 0.312 e. The average Bonchev–Trinajstić information content (AvgIpc) is 3.21. The summed E-state index contributed by atoms with van der Waals surface area (Å²) in [6, 6.07) is 0. The van der Waals surface area contributed by atoms with E-state index in [1.165, 1.54) is 18.3 Å². The maximum atomic E-state index is 11.9. The van der Waals surface area contributed by atoms with Gasteiger partial charge in [-0.25, -0.2) is 0 Å². The van der Waals surface area contributed by atoms with Crippen LogP contribution in [0.5, 0.6) is 0 Å². The second-order valence-corrected chi connectivity index (χ2v) is 7.55. The van der Waals surface area contributed by atoms with Gasteiger partial charge in [0.1, 0.15) is 0 Å². The Morgan fingerprint density at radius 2 is 2.00 bits per heavy atom. The van der Waals surface area contributed by atoms with Crippen LogP contribution in [0.15, 0.2) is 34.9 Å². The van der Waals surface area contributed by atoms with Crippen LogP contribution in [0.1, 0.15) is 66.2 Å². The first-order chi connectivity index (χ1) is 11.4. The molecule has 0 aromatic carbocycles. The number of rotatable bonds is 2. The number of fused-ring (bicyclic) bond motifs is 1. The van der Waals surface area contributed by atoms with Crippen molar-refractivity contribution in [2.75, 3.05) is 7.11 Å². The fourth-order valence-electron chi connectivity index (χ4n) is 3.39. The predicted molar refractivity (Wildman–Crippen MR) is 97.8 cm³/mol. The molecule has 2 aliphatic rings. The van der Waals surface area contributed by atoms with E-state index in [1.54, 1.807) is 0 Å². The fourth-order valence-corrected chi connectivity index (χ4v) is 3.39. The Labute approximate surface area is 146 Å². The van der Waals surface area contributed by atoms with Crippen molar-refractivity contribution in [3.8, 4) is 0 Å². The molecule has 0 amide bonds. The van der Waals surface area contributed by atoms with E-state index in [1.807, 2.05) is 6.92 Å². The van der Waals surface area contributed by atoms with Crippen molar-refractivity contribution in [1.29, 1.82) is 0 Å². The molecule has 0 unspecified atom stereocenters. The highest BCUT2D eigenvalue weighted by molar-refractivity contribution is 5.75. The Balaban J connectivity index is 2.16. The van der Waals surface area contributed by atoms with Gasteiger partial charge in [0.05, 0.1) is 24.7 Å². The van der Waals surface area contributed by atoms with E-state index in [2.05, 4.69) is 39.0 Å². The molecule has 24 heavy (non-hydrogen) atoms. The topological polar surface area (TPSA) is 38.8 Å². The van der Waals surface area contributed by atoms with Crippen molar-refractivity contribution in [1.82, 2.24) is 0 Å². The van der Waals surface area contributed by atoms with Gasteiger partial charge in [0.15, 0.2) is 0 Å². The van der Waals surface area contributed by atoms with Gasteiger partial charge in [-0.3, -0.25) is 4.79 Å². The molecule has 0 spiro atoms. The van der Waals surface area contributed by atoms with Crippen molar-refractivity contribution in [3.63, 3.8) is 0 Å². The predicted octanol–water partition coefficient (Wildman–Crippen LogP) is 5.13. The van der Waals surface area contributed by atoms with Gasteiger partial charge in [-0.15, -0.1) is 0 Å². The molecule has 0 saturated carbocycles. The van der Waals surface area contributed by atoms with E-state index >= 15 is 0 Å². The molecule has 0 bridgehead atoms. The second-order valence-electron chi connectivity index (χ2n) is 7.55. The molecule has 0 aromatic heterocycles. The van der Waals surface area contributed by atoms with Crippen molar-refractivity contribution in [2.45, 2.75) is 77.9 Å². The Hall–Kier alpha value is -1.35. The Kier molecular flexibility index (Phi) is 6.45. The van der Waals surface area contributed by atoms with Gasteiger partial charge >= 0.3 is 5.97 Å². The second kappa shape index (κ2) is 8.15. The minimum Gasteiger partial charge on any atom is -0.469 e. The van der Waals surface area contributed by atoms with Gasteiger partial charge in [-0.2, -0.15) is 0 Å². The van der Waals surface area contributed by atoms with Crippen molar-refractivity contribution in [3.05, 3.63) is 34.9 Å². The molecule has 1 saturated heterocycles. The summed E-state index contributed by atoms with van der Waals surface area (Å²) in [5.74, 6) is -0.341. The molecule has 3 heteroatoms. The number of hydrogen-bond acceptors (Lipinski definition) is 3. The van der Waals surface area contributed by atoms with Crippen LogP contribution in [0, 0.1) is 5.92 Å². The molecule has 1 aliphatic heterocycles. The molecule has 0 N–H and O–H groups in total. The van der Waals surface area contributed by atoms with E-state index in [0.29, 0.717) is 6.10 Å². The minimum atomic E-state index is -0.185. The van der Waals surface area contributed by atoms with Gasteiger partial charge in [0, 0.05) is 0 Å². The summed E-state index contributed by atoms with van der Waals surface area (Å²) in [4.78, 5) is 11.9. The number of epoxide rings is 1. The summed E-state index contributed by atoms with van der Waals surface area (Å²) in [6.07, 6.45) is 13.2. The lowest BCUT2D eigenvalue weighted by Crippen LogP contribution is -2.15. The number of ether oxygens (including phenoxy) is 2. The first kappa shape index (κ1) is 19.0. The standard InChI is InChI=1S/C21H32O3/c1-15-7-6-14-21(4)19(24-21)13-10-16(2)9-12-18(11-8-15)17(3)20(22)23-5/h7,9,12,17,19H,6,8,10-11,13-14H2,1-5H3/t17-,19-,21-/m0/s1. The lowest BCUT2D eigenvalue weighted by Gasteiger charge is -2.15. The Bertz CT molecular complexity index is 555. The van der Waals surface area contributed by atoms with E-state index in [0.717, 1.165) is 44.1 Å². The third-order valence-electron chi connectivity index (χ3n) is 5.47. The van der Waals surface area contributed by atoms with Crippen molar-refractivity contribution >= 4 is 5.97 Å². The zero-order valence-electron chi connectivity index (χ0n) is 15.9. The molecule has 3 nitrogen and oxygen atoms in total. The lowest BCUT2D eigenvalue weighted by atomic mass is 9.92. The zero-order valence-corrected chi connectivity index (χ0v) is 15.9. The highest BCUT2D eigenvalue weighted by Crippen LogP contribution is 2.43. The number of hydrogen-bond donors (Lipinski definition) is 0. The van der Waals surface area contributed by atoms with Crippen LogP contribution in [0.25, 0.3) is 0 Å². The van der Waals surface area contributed by atoms with Gasteiger partial charge in [-0.05, 0) is 66.2 Å². The largest absolute Gasteiger partial charge is 0.469 e. The monoisotopic (exact) mass is 332 g/mol. The quantitative estimate of drug-likeness (QED) is 0.400. The molecule has 1 heterocycles. The molecule has 3 atom stereocenters. The summed E-state index contributed by atoms with van der Waals surface area (Å²) in [7, 11) is 1.46. The van der Waals surface area contributed by atoms with Crippen molar-refractivity contribution < 1.29 is 14.3 Å². The van der Waals surface area contributed by atoms with Crippen LogP contribution in [0.4, 0.5) is 0 Å². The van der Waals surface area contributed by atoms with Crippen LogP contribution in [-0.2, 0) is 14.3 Å². The van der Waals surface area contributed by atoms with Gasteiger partial charge < -0.3 is 9.47 Å². The van der Waals surface area contributed by atoms with Crippen LogP contribution >= 0.6 is 0 Å². The molecular formula is C21H32O3. The van der Waals surface area contributed by atoms with E-state index in [-0.39, 0.29) is 17.5 Å². The molecular weight excluding hydrogens is 300 g/mol. The summed E-state index contributed by atoms with van der Waals surface area (Å²) in [5, 5.41) is 0. The van der Waals surface area contributed by atoms with E-state index in [9.17, 15) is 4.79 Å². The summed E-state index contributed by atoms with van der Waals surface area (Å²) < 4.78 is 10.9. The third-order valence-corrected chi connectivity index (χ3v) is 5.47. The Morgan fingerprint density at radius 1 is 1.25 bits per heavy atom. The van der Waals surface area contributed by atoms with Crippen LogP contribution in [0.3, 0.4) is 0 Å². The van der Waals surface area contributed by atoms with Crippen LogP contribution in [-0.4, -0.2) is 24.8 Å². The first-order valence-electron chi connectivity index (χ1n) is 9.13. The number of carbonyl (C=O) groups excluding carboxylic acids is 1. The van der Waals surface area contributed by atoms with Gasteiger partial charge in [-0.1, -0.05) is 34.9 Å². The number of carbonyl (C=O) groups is 1. The molecule has 1 aliphatic carbocycles. The van der Waals surface area contributed by atoms with Gasteiger partial charge in [0.2, 0.25) is 0 Å². The van der Waals surface area contributed by atoms with Crippen LogP contribution < -0.4 is 0 Å². The SMILES string of the molecule is COC(=O)[C@@H](C)C1=CC=C(C)CC[C@@H]2O[C@@]2(C)CCC=C(C)CC1. The maximum absolute atomic E-state index is 11.9. The highest BCUT2D eigenvalue weighted by atomic mass is 16.6. The van der Waals surface area contributed by atoms with E-state index in [4.69, 9.17) is 9.47 Å². The summed E-state index contributed by atoms with van der Waals surface area (Å²) >= 11 is 0. The summed E-state index contributed by atoms with van der Waals surface area (Å²) in [5.41, 5.74) is 3.96. The molecule has 2 rings (SSSR count). The normalized spacial score (nSPS) is 30.0. The average molecular weight is 332 g/mol. The fraction of sp³-hybridized carbons (Fsp3) is 0.667. The number of esters is 1. The number of methoxy groups -OCH3 is 1. The zero-order chi connectivity index (χ0) is 17.7. The summed E-state index contributed by atoms with van der Waals surface area (Å²) in [6.45, 7) is 8.52. The van der Waals surface area contributed by atoms with Crippen LogP contribution in [0.2, 0.25) is 0 Å². The lowest BCUT2D eigenvalue weighted by molar-refractivity contribution is -0.143. The van der Waals surface area contributed by atoms with E-state index < -0.39 is 0 Å². The Morgan fingerprint density at radius 3 is 2.71 bits per heavy atom. The van der Waals surface area contributed by atoms with Gasteiger partial charge in [0.25, 0.3) is 0 Å². The molecule has 0 radical (unpaired) electrons. The third kappa shape index (κ3) is 5.07. The highest BCUT2D eigenvalue weighted by Gasteiger charge is 2.50. The van der Waals surface area contributed by atoms with Crippen molar-refractivity contribution in [2.24, 2.45) is 5.92 Å². The first-order valence-corrected chi connectivity index (χ1v) is 9.13. The smallest absolute Gasteiger partial charge is 0.312 e. The molecule has 134 valence electrons. The number of allylic oxidation sites excluding steroid dienone is 5. The molecule has 1 fully saturated rings. The minimum absolute atomic E-state index is 0.0849. The molecule has 0 aromatic rings.